The third-order valence-electron chi connectivity index (χ3n) is 5.84. The van der Waals surface area contributed by atoms with E-state index in [0.29, 0.717) is 23.9 Å². The van der Waals surface area contributed by atoms with Gasteiger partial charge >= 0.3 is 0 Å². The zero-order valence-electron chi connectivity index (χ0n) is 17.0. The lowest BCUT2D eigenvalue weighted by molar-refractivity contribution is -0.914. The summed E-state index contributed by atoms with van der Waals surface area (Å²) >= 11 is 0. The molecule has 0 aromatic carbocycles. The zero-order valence-corrected chi connectivity index (χ0v) is 17.0. The lowest BCUT2D eigenvalue weighted by Gasteiger charge is -2.37. The molecule has 0 amide bonds. The molecule has 4 rings (SSSR count). The van der Waals surface area contributed by atoms with Crippen molar-refractivity contribution in [1.82, 2.24) is 9.61 Å². The van der Waals surface area contributed by atoms with Crippen LogP contribution in [-0.2, 0) is 4.79 Å². The number of piperidine rings is 1. The number of aliphatic hydroxyl groups excluding tert-OH is 1. The monoisotopic (exact) mass is 395 g/mol. The smallest absolute Gasteiger partial charge is 0.260 e. The van der Waals surface area contributed by atoms with Crippen molar-refractivity contribution in [3.05, 3.63) is 47.9 Å². The number of ether oxygens (including phenoxy) is 1. The molecule has 0 atom stereocenters. The molecule has 7 nitrogen and oxygen atoms in total. The van der Waals surface area contributed by atoms with Crippen molar-refractivity contribution in [2.24, 2.45) is 4.99 Å². The first-order chi connectivity index (χ1) is 14.0. The van der Waals surface area contributed by atoms with Crippen molar-refractivity contribution in [2.75, 3.05) is 33.3 Å². The Morgan fingerprint density at radius 1 is 1.24 bits per heavy atom. The molecule has 2 aromatic rings. The maximum Gasteiger partial charge on any atom is 0.260 e. The summed E-state index contributed by atoms with van der Waals surface area (Å²) < 4.78 is 8.81. The van der Waals surface area contributed by atoms with Crippen molar-refractivity contribution in [3.8, 4) is 5.88 Å². The lowest BCUT2D eigenvalue weighted by Crippen LogP contribution is -2.50. The Hall–Kier alpha value is -2.93. The van der Waals surface area contributed by atoms with Gasteiger partial charge in [-0.05, 0) is 50.5 Å². The van der Waals surface area contributed by atoms with Crippen LogP contribution in [0, 0.1) is 0 Å². The molecule has 1 aliphatic carbocycles. The van der Waals surface area contributed by atoms with Gasteiger partial charge in [-0.15, -0.1) is 5.10 Å². The average molecular weight is 395 g/mol. The predicted octanol–water partition coefficient (Wildman–Crippen LogP) is 3.39. The molecule has 29 heavy (non-hydrogen) atoms. The van der Waals surface area contributed by atoms with E-state index in [9.17, 15) is 9.90 Å². The molecular weight excluding hydrogens is 368 g/mol. The molecule has 1 fully saturated rings. The Morgan fingerprint density at radius 2 is 2.03 bits per heavy atom. The van der Waals surface area contributed by atoms with Gasteiger partial charge in [0.15, 0.2) is 11.5 Å². The van der Waals surface area contributed by atoms with Gasteiger partial charge in [0.1, 0.15) is 24.6 Å². The number of ketones is 1. The maximum absolute atomic E-state index is 11.8. The van der Waals surface area contributed by atoms with E-state index in [1.807, 2.05) is 24.4 Å². The second-order valence-corrected chi connectivity index (χ2v) is 8.05. The number of aromatic nitrogens is 2. The number of likely N-dealkylation sites (N-methyl/N-ethyl adjacent to an activating group) is 1. The van der Waals surface area contributed by atoms with Gasteiger partial charge in [0.25, 0.3) is 5.88 Å². The highest BCUT2D eigenvalue weighted by atomic mass is 16.5. The number of carbonyl (C=O) groups excluding carboxylic acids is 1. The minimum atomic E-state index is -0.212. The van der Waals surface area contributed by atoms with Crippen molar-refractivity contribution in [3.63, 3.8) is 0 Å². The summed E-state index contributed by atoms with van der Waals surface area (Å²) in [5.74, 6) is 0.115. The summed E-state index contributed by atoms with van der Waals surface area (Å²) in [7, 11) is 2.28. The highest BCUT2D eigenvalue weighted by molar-refractivity contribution is 6.21. The molecule has 1 aliphatic heterocycles. The minimum absolute atomic E-state index is 0.106. The van der Waals surface area contributed by atoms with Crippen molar-refractivity contribution in [2.45, 2.75) is 26.2 Å². The van der Waals surface area contributed by atoms with E-state index in [-0.39, 0.29) is 17.1 Å². The fourth-order valence-corrected chi connectivity index (χ4v) is 3.91. The van der Waals surface area contributed by atoms with Crippen LogP contribution >= 0.6 is 0 Å². The Kier molecular flexibility index (Phi) is 5.24. The normalized spacial score (nSPS) is 20.6. The van der Waals surface area contributed by atoms with Crippen LogP contribution in [0.5, 0.6) is 5.88 Å². The second kappa shape index (κ2) is 7.83. The molecule has 1 saturated heterocycles. The number of aliphatic imine (C=N–C) groups is 1. The van der Waals surface area contributed by atoms with Gasteiger partial charge in [-0.3, -0.25) is 4.79 Å². The number of pyridine rings is 1. The number of fused-ring (bicyclic) bond motifs is 1. The van der Waals surface area contributed by atoms with Gasteiger partial charge in [-0.1, -0.05) is 6.07 Å². The number of quaternary nitrogens is 1. The number of nitrogens with zero attached hydrogens (tertiary/aromatic N) is 4. The maximum atomic E-state index is 11.8. The standard InChI is InChI=1S/C22H26N4O3/c1-16-19(27)10-9-17(21(16)28)23-20-18-8-4-5-11-25(18)24-22(20)29-15-14-26(2)12-6-3-7-13-26/h4-5,8-11H,3,6-7,12-15H2,1-2H3/p+1. The number of carbonyl (C=O) groups is 1. The molecule has 3 heterocycles. The molecule has 0 saturated carbocycles. The summed E-state index contributed by atoms with van der Waals surface area (Å²) in [6.07, 6.45) is 8.63. The van der Waals surface area contributed by atoms with Crippen LogP contribution in [0.15, 0.2) is 52.9 Å². The number of hydrogen-bond donors (Lipinski definition) is 1. The average Bonchev–Trinajstić information content (AvgIpc) is 3.06. The van der Waals surface area contributed by atoms with Crippen LogP contribution < -0.4 is 4.74 Å². The summed E-state index contributed by atoms with van der Waals surface area (Å²) in [5.41, 5.74) is 1.96. The summed E-state index contributed by atoms with van der Waals surface area (Å²) in [6.45, 7) is 5.42. The molecule has 1 N–H and O–H groups in total. The Labute approximate surface area is 170 Å². The molecule has 2 aliphatic rings. The quantitative estimate of drug-likeness (QED) is 0.622. The second-order valence-electron chi connectivity index (χ2n) is 8.05. The molecule has 0 bridgehead atoms. The minimum Gasteiger partial charge on any atom is -0.505 e. The van der Waals surface area contributed by atoms with Gasteiger partial charge in [0, 0.05) is 11.8 Å². The van der Waals surface area contributed by atoms with Gasteiger partial charge in [-0.25, -0.2) is 9.51 Å². The fourth-order valence-electron chi connectivity index (χ4n) is 3.91. The van der Waals surface area contributed by atoms with Gasteiger partial charge in [0.2, 0.25) is 0 Å². The molecule has 7 heteroatoms. The van der Waals surface area contributed by atoms with E-state index in [2.05, 4.69) is 17.1 Å². The first-order valence-corrected chi connectivity index (χ1v) is 10.1. The summed E-state index contributed by atoms with van der Waals surface area (Å²) in [6, 6.07) is 5.70. The van der Waals surface area contributed by atoms with Crippen LogP contribution in [-0.4, -0.2) is 64.0 Å². The Balaban J connectivity index is 1.62. The van der Waals surface area contributed by atoms with Crippen molar-refractivity contribution in [1.29, 1.82) is 0 Å². The summed E-state index contributed by atoms with van der Waals surface area (Å²) in [5, 5.41) is 14.9. The lowest BCUT2D eigenvalue weighted by atomic mass is 10.0. The topological polar surface area (TPSA) is 76.2 Å². The van der Waals surface area contributed by atoms with Gasteiger partial charge in [-0.2, -0.15) is 0 Å². The molecule has 152 valence electrons. The number of hydrogen-bond acceptors (Lipinski definition) is 5. The van der Waals surface area contributed by atoms with E-state index in [1.54, 1.807) is 11.4 Å². The van der Waals surface area contributed by atoms with Crippen LogP contribution in [0.25, 0.3) is 5.52 Å². The van der Waals surface area contributed by atoms with Crippen LogP contribution in [0.4, 0.5) is 5.69 Å². The van der Waals surface area contributed by atoms with Crippen molar-refractivity contribution >= 4 is 22.7 Å². The van der Waals surface area contributed by atoms with Crippen LogP contribution in [0.1, 0.15) is 26.2 Å². The summed E-state index contributed by atoms with van der Waals surface area (Å²) in [4.78, 5) is 16.4. The molecule has 0 spiro atoms. The zero-order chi connectivity index (χ0) is 20.4. The van der Waals surface area contributed by atoms with E-state index in [1.165, 1.54) is 44.5 Å². The molecule has 0 radical (unpaired) electrons. The Bertz CT molecular complexity index is 1030. The van der Waals surface area contributed by atoms with Gasteiger partial charge < -0.3 is 14.3 Å². The third-order valence-corrected chi connectivity index (χ3v) is 5.84. The molecule has 0 unspecified atom stereocenters. The predicted molar refractivity (Wildman–Crippen MR) is 112 cm³/mol. The molecule has 2 aromatic heterocycles. The van der Waals surface area contributed by atoms with E-state index in [0.717, 1.165) is 16.5 Å². The van der Waals surface area contributed by atoms with Crippen LogP contribution in [0.3, 0.4) is 0 Å². The number of rotatable bonds is 5. The van der Waals surface area contributed by atoms with E-state index < -0.39 is 0 Å². The number of aliphatic hydroxyl groups is 1. The fraction of sp³-hybridized carbons (Fsp3) is 0.409. The number of allylic oxidation sites excluding steroid dienone is 3. The van der Waals surface area contributed by atoms with Gasteiger partial charge in [0.05, 0.1) is 25.7 Å². The molecular formula is C22H27N4O3+. The number of likely N-dealkylation sites (tertiary alicyclic amines) is 1. The SMILES string of the molecule is CC1=C(O)C(=Nc2c(OCC[N+]3(C)CCCCC3)nn3ccccc23)C=CC1=O. The first kappa shape index (κ1) is 19.4. The largest absolute Gasteiger partial charge is 0.505 e. The van der Waals surface area contributed by atoms with E-state index >= 15 is 0 Å². The van der Waals surface area contributed by atoms with E-state index in [4.69, 9.17) is 4.74 Å². The van der Waals surface area contributed by atoms with Crippen LogP contribution in [0.2, 0.25) is 0 Å². The Morgan fingerprint density at radius 3 is 2.83 bits per heavy atom. The highest BCUT2D eigenvalue weighted by Crippen LogP contribution is 2.33. The van der Waals surface area contributed by atoms with Crippen molar-refractivity contribution < 1.29 is 19.1 Å². The first-order valence-electron chi connectivity index (χ1n) is 10.1. The third kappa shape index (κ3) is 3.96. The highest BCUT2D eigenvalue weighted by Gasteiger charge is 2.25.